The Morgan fingerprint density at radius 1 is 1.53 bits per heavy atom. The van der Waals surface area contributed by atoms with E-state index >= 15 is 0 Å². The minimum Gasteiger partial charge on any atom is -0.378 e. The molecule has 0 amide bonds. The van der Waals surface area contributed by atoms with E-state index in [0.717, 1.165) is 10.5 Å². The molecule has 1 aromatic rings. The van der Waals surface area contributed by atoms with Gasteiger partial charge in [0.05, 0.1) is 4.88 Å². The van der Waals surface area contributed by atoms with Crippen LogP contribution in [-0.2, 0) is 5.60 Å². The van der Waals surface area contributed by atoms with E-state index in [9.17, 15) is 5.11 Å². The van der Waals surface area contributed by atoms with Gasteiger partial charge in [-0.05, 0) is 25.0 Å². The van der Waals surface area contributed by atoms with E-state index in [-0.39, 0.29) is 0 Å². The maximum absolute atomic E-state index is 10.3. The molecule has 1 unspecified atom stereocenters. The van der Waals surface area contributed by atoms with Crippen LogP contribution in [0.3, 0.4) is 0 Å². The summed E-state index contributed by atoms with van der Waals surface area (Å²) in [5.74, 6) is 0. The normalized spacial score (nSPS) is 15.1. The van der Waals surface area contributed by atoms with Crippen LogP contribution in [0, 0.1) is 0 Å². The van der Waals surface area contributed by atoms with Crippen LogP contribution in [-0.4, -0.2) is 10.1 Å². The first-order valence-electron chi connectivity index (χ1n) is 5.23. The number of hydrogen-bond acceptors (Lipinski definition) is 3. The summed E-state index contributed by atoms with van der Waals surface area (Å²) in [6.45, 7) is 14.7. The highest BCUT2D eigenvalue weighted by molar-refractivity contribution is 7.12. The fraction of sp³-hybridized carbons (Fsp3) is 0.214. The van der Waals surface area contributed by atoms with Crippen molar-refractivity contribution in [2.75, 3.05) is 0 Å². The number of rotatable bonds is 5. The molecule has 0 aliphatic carbocycles. The molecule has 1 aromatic heterocycles. The van der Waals surface area contributed by atoms with Crippen LogP contribution in [0.5, 0.6) is 0 Å². The van der Waals surface area contributed by atoms with E-state index in [1.54, 1.807) is 25.3 Å². The SMILES string of the molecule is C=CC=C(C)c1cnc(C(C)(O)C(=C)C=C)s1. The molecule has 0 spiro atoms. The van der Waals surface area contributed by atoms with Crippen LogP contribution in [0.15, 0.2) is 49.7 Å². The molecule has 17 heavy (non-hydrogen) atoms. The van der Waals surface area contributed by atoms with Crippen LogP contribution in [0.1, 0.15) is 23.7 Å². The fourth-order valence-electron chi connectivity index (χ4n) is 1.28. The van der Waals surface area contributed by atoms with Gasteiger partial charge in [0, 0.05) is 6.20 Å². The molecule has 0 saturated heterocycles. The number of aromatic nitrogens is 1. The maximum Gasteiger partial charge on any atom is 0.138 e. The predicted molar refractivity (Wildman–Crippen MR) is 74.9 cm³/mol. The Kier molecular flexibility index (Phi) is 4.21. The van der Waals surface area contributed by atoms with Crippen LogP contribution >= 0.6 is 11.3 Å². The molecule has 0 bridgehead atoms. The first-order chi connectivity index (χ1) is 7.93. The van der Waals surface area contributed by atoms with Gasteiger partial charge in [0.25, 0.3) is 0 Å². The third-order valence-electron chi connectivity index (χ3n) is 2.55. The van der Waals surface area contributed by atoms with Gasteiger partial charge in [0.2, 0.25) is 0 Å². The molecule has 1 rings (SSSR count). The topological polar surface area (TPSA) is 33.1 Å². The van der Waals surface area contributed by atoms with Gasteiger partial charge in [0.1, 0.15) is 10.6 Å². The minimum absolute atomic E-state index is 0.545. The van der Waals surface area contributed by atoms with Gasteiger partial charge in [-0.3, -0.25) is 0 Å². The molecule has 0 saturated carbocycles. The van der Waals surface area contributed by atoms with Crippen LogP contribution in [0.4, 0.5) is 0 Å². The quantitative estimate of drug-likeness (QED) is 0.805. The van der Waals surface area contributed by atoms with Gasteiger partial charge >= 0.3 is 0 Å². The zero-order valence-corrected chi connectivity index (χ0v) is 11.0. The Bertz CT molecular complexity index is 480. The predicted octanol–water partition coefficient (Wildman–Crippen LogP) is 3.68. The van der Waals surface area contributed by atoms with E-state index in [1.807, 2.05) is 13.0 Å². The standard InChI is InChI=1S/C14H17NOS/c1-6-8-10(3)12-9-15-13(17-12)14(5,16)11(4)7-2/h6-9,16H,1-2,4H2,3,5H3. The van der Waals surface area contributed by atoms with Crippen molar-refractivity contribution in [1.29, 1.82) is 0 Å². The second-order valence-corrected chi connectivity index (χ2v) is 4.95. The van der Waals surface area contributed by atoms with Crippen LogP contribution in [0.2, 0.25) is 0 Å². The average molecular weight is 247 g/mol. The lowest BCUT2D eigenvalue weighted by atomic mass is 9.98. The third-order valence-corrected chi connectivity index (χ3v) is 3.89. The molecule has 0 aromatic carbocycles. The Morgan fingerprint density at radius 3 is 2.71 bits per heavy atom. The molecular formula is C14H17NOS. The molecule has 90 valence electrons. The molecule has 0 aliphatic heterocycles. The average Bonchev–Trinajstić information content (AvgIpc) is 2.78. The second kappa shape index (κ2) is 5.25. The molecule has 2 nitrogen and oxygen atoms in total. The lowest BCUT2D eigenvalue weighted by Gasteiger charge is -2.20. The van der Waals surface area contributed by atoms with Gasteiger partial charge in [-0.15, -0.1) is 11.3 Å². The highest BCUT2D eigenvalue weighted by atomic mass is 32.1. The molecule has 1 N–H and O–H groups in total. The Hall–Kier alpha value is -1.45. The van der Waals surface area contributed by atoms with Gasteiger partial charge in [-0.25, -0.2) is 4.98 Å². The van der Waals surface area contributed by atoms with Crippen molar-refractivity contribution >= 4 is 16.9 Å². The largest absolute Gasteiger partial charge is 0.378 e. The van der Waals surface area contributed by atoms with E-state index in [4.69, 9.17) is 0 Å². The lowest BCUT2D eigenvalue weighted by Crippen LogP contribution is -2.22. The summed E-state index contributed by atoms with van der Waals surface area (Å²) in [7, 11) is 0. The Labute approximate surface area is 106 Å². The first-order valence-corrected chi connectivity index (χ1v) is 6.05. The summed E-state index contributed by atoms with van der Waals surface area (Å²) in [4.78, 5) is 5.26. The third kappa shape index (κ3) is 2.81. The van der Waals surface area contributed by atoms with Crippen molar-refractivity contribution in [1.82, 2.24) is 4.98 Å². The Balaban J connectivity index is 3.11. The van der Waals surface area contributed by atoms with Crippen LogP contribution < -0.4 is 0 Å². The van der Waals surface area contributed by atoms with E-state index in [0.29, 0.717) is 10.6 Å². The maximum atomic E-state index is 10.3. The lowest BCUT2D eigenvalue weighted by molar-refractivity contribution is 0.102. The number of nitrogens with zero attached hydrogens (tertiary/aromatic N) is 1. The minimum atomic E-state index is -1.15. The van der Waals surface area contributed by atoms with Crippen molar-refractivity contribution in [2.45, 2.75) is 19.4 Å². The highest BCUT2D eigenvalue weighted by Gasteiger charge is 2.28. The molecule has 0 aliphatic rings. The van der Waals surface area contributed by atoms with Crippen LogP contribution in [0.25, 0.3) is 5.57 Å². The van der Waals surface area contributed by atoms with E-state index in [1.165, 1.54) is 11.3 Å². The van der Waals surface area contributed by atoms with E-state index in [2.05, 4.69) is 24.7 Å². The summed E-state index contributed by atoms with van der Waals surface area (Å²) < 4.78 is 0. The molecular weight excluding hydrogens is 230 g/mol. The van der Waals surface area contributed by atoms with Gasteiger partial charge in [-0.1, -0.05) is 38.0 Å². The number of hydrogen-bond donors (Lipinski definition) is 1. The molecule has 1 heterocycles. The molecule has 0 radical (unpaired) electrons. The number of aliphatic hydroxyl groups is 1. The van der Waals surface area contributed by atoms with Crippen molar-refractivity contribution in [3.8, 4) is 0 Å². The number of thiazole rings is 1. The second-order valence-electron chi connectivity index (χ2n) is 3.92. The highest BCUT2D eigenvalue weighted by Crippen LogP contribution is 2.33. The zero-order chi connectivity index (χ0) is 13.1. The van der Waals surface area contributed by atoms with Crippen molar-refractivity contribution in [3.63, 3.8) is 0 Å². The molecule has 3 heteroatoms. The van der Waals surface area contributed by atoms with Crippen molar-refractivity contribution in [3.05, 3.63) is 59.6 Å². The Morgan fingerprint density at radius 2 is 2.18 bits per heavy atom. The van der Waals surface area contributed by atoms with Crippen molar-refractivity contribution in [2.24, 2.45) is 0 Å². The summed E-state index contributed by atoms with van der Waals surface area (Å²) in [6.07, 6.45) is 6.94. The molecule has 0 fully saturated rings. The summed E-state index contributed by atoms with van der Waals surface area (Å²) in [5.41, 5.74) is 0.464. The van der Waals surface area contributed by atoms with Gasteiger partial charge in [-0.2, -0.15) is 0 Å². The summed E-state index contributed by atoms with van der Waals surface area (Å²) >= 11 is 1.45. The first kappa shape index (κ1) is 13.6. The molecule has 1 atom stereocenters. The summed E-state index contributed by atoms with van der Waals surface area (Å²) in [6, 6.07) is 0. The van der Waals surface area contributed by atoms with Gasteiger partial charge < -0.3 is 5.11 Å². The monoisotopic (exact) mass is 247 g/mol. The summed E-state index contributed by atoms with van der Waals surface area (Å²) in [5, 5.41) is 10.9. The van der Waals surface area contributed by atoms with Crippen molar-refractivity contribution < 1.29 is 5.11 Å². The van der Waals surface area contributed by atoms with Gasteiger partial charge in [0.15, 0.2) is 0 Å². The van der Waals surface area contributed by atoms with E-state index < -0.39 is 5.60 Å². The smallest absolute Gasteiger partial charge is 0.138 e. The zero-order valence-electron chi connectivity index (χ0n) is 10.2. The number of allylic oxidation sites excluding steroid dienone is 3. The fourth-order valence-corrected chi connectivity index (χ4v) is 2.25.